The zero-order chi connectivity index (χ0) is 13.9. The SMILES string of the molecule is c1ccc(-c2ccn(C34CC5CC(CC(C5)C3)C4)c2)cc1. The Hall–Kier alpha value is -1.50. The molecule has 4 aliphatic rings. The molecule has 1 aromatic carbocycles. The Morgan fingerprint density at radius 2 is 1.38 bits per heavy atom. The number of nitrogens with zero attached hydrogens (tertiary/aromatic N) is 1. The van der Waals surface area contributed by atoms with Crippen molar-refractivity contribution in [2.24, 2.45) is 17.8 Å². The van der Waals surface area contributed by atoms with Gasteiger partial charge in [0.25, 0.3) is 0 Å². The van der Waals surface area contributed by atoms with E-state index in [1.54, 1.807) is 0 Å². The minimum atomic E-state index is 0.460. The smallest absolute Gasteiger partial charge is 0.0448 e. The van der Waals surface area contributed by atoms with Gasteiger partial charge in [-0.15, -0.1) is 0 Å². The van der Waals surface area contributed by atoms with E-state index in [4.69, 9.17) is 0 Å². The number of benzene rings is 1. The van der Waals surface area contributed by atoms with Crippen LogP contribution in [0.3, 0.4) is 0 Å². The zero-order valence-corrected chi connectivity index (χ0v) is 12.5. The minimum absolute atomic E-state index is 0.460. The van der Waals surface area contributed by atoms with E-state index in [2.05, 4.69) is 53.4 Å². The highest BCUT2D eigenvalue weighted by atomic mass is 15.1. The van der Waals surface area contributed by atoms with Crippen molar-refractivity contribution in [3.05, 3.63) is 48.8 Å². The maximum atomic E-state index is 2.60. The second-order valence-electron chi connectivity index (χ2n) is 7.82. The highest BCUT2D eigenvalue weighted by Gasteiger charge is 2.51. The van der Waals surface area contributed by atoms with E-state index < -0.39 is 0 Å². The van der Waals surface area contributed by atoms with Crippen LogP contribution in [0.1, 0.15) is 38.5 Å². The van der Waals surface area contributed by atoms with E-state index in [0.29, 0.717) is 5.54 Å². The number of hydrogen-bond acceptors (Lipinski definition) is 0. The zero-order valence-electron chi connectivity index (χ0n) is 12.5. The van der Waals surface area contributed by atoms with Gasteiger partial charge in [-0.1, -0.05) is 30.3 Å². The van der Waals surface area contributed by atoms with Crippen LogP contribution in [-0.4, -0.2) is 4.57 Å². The molecular formula is C20H23N. The summed E-state index contributed by atoms with van der Waals surface area (Å²) < 4.78 is 2.60. The Kier molecular flexibility index (Phi) is 2.45. The van der Waals surface area contributed by atoms with Crippen LogP contribution in [0.2, 0.25) is 0 Å². The molecule has 0 radical (unpaired) electrons. The highest BCUT2D eigenvalue weighted by Crippen LogP contribution is 2.58. The Morgan fingerprint density at radius 1 is 0.762 bits per heavy atom. The number of hydrogen-bond donors (Lipinski definition) is 0. The molecule has 0 unspecified atom stereocenters. The summed E-state index contributed by atoms with van der Waals surface area (Å²) in [6, 6.07) is 13.1. The molecule has 0 aliphatic heterocycles. The first kappa shape index (κ1) is 12.1. The van der Waals surface area contributed by atoms with Crippen LogP contribution in [0, 0.1) is 17.8 Å². The van der Waals surface area contributed by atoms with Crippen LogP contribution in [0.5, 0.6) is 0 Å². The van der Waals surface area contributed by atoms with Crippen molar-refractivity contribution in [3.8, 4) is 11.1 Å². The molecule has 1 nitrogen and oxygen atoms in total. The van der Waals surface area contributed by atoms with Crippen molar-refractivity contribution in [3.63, 3.8) is 0 Å². The topological polar surface area (TPSA) is 4.93 Å². The molecule has 0 amide bonds. The summed E-state index contributed by atoms with van der Waals surface area (Å²) in [7, 11) is 0. The standard InChI is InChI=1S/C20H23N/c1-2-4-18(5-3-1)19-6-7-21(14-19)20-11-15-8-16(12-20)10-17(9-15)13-20/h1-7,14-17H,8-13H2. The van der Waals surface area contributed by atoms with Gasteiger partial charge < -0.3 is 4.57 Å². The van der Waals surface area contributed by atoms with Crippen LogP contribution < -0.4 is 0 Å². The molecule has 108 valence electrons. The largest absolute Gasteiger partial charge is 0.348 e. The fourth-order valence-electron chi connectivity index (χ4n) is 5.87. The lowest BCUT2D eigenvalue weighted by Gasteiger charge is -2.57. The van der Waals surface area contributed by atoms with Crippen molar-refractivity contribution in [1.82, 2.24) is 4.57 Å². The van der Waals surface area contributed by atoms with E-state index in [1.807, 2.05) is 0 Å². The Morgan fingerprint density at radius 3 is 2.00 bits per heavy atom. The lowest BCUT2D eigenvalue weighted by molar-refractivity contribution is -0.0428. The predicted molar refractivity (Wildman–Crippen MR) is 86.0 cm³/mol. The molecule has 1 aromatic heterocycles. The molecular weight excluding hydrogens is 254 g/mol. The van der Waals surface area contributed by atoms with E-state index >= 15 is 0 Å². The van der Waals surface area contributed by atoms with Crippen LogP contribution >= 0.6 is 0 Å². The number of rotatable bonds is 2. The number of aromatic nitrogens is 1. The molecule has 0 N–H and O–H groups in total. The molecule has 4 bridgehead atoms. The van der Waals surface area contributed by atoms with Crippen molar-refractivity contribution >= 4 is 0 Å². The maximum absolute atomic E-state index is 2.60. The summed E-state index contributed by atoms with van der Waals surface area (Å²) in [5.74, 6) is 3.04. The van der Waals surface area contributed by atoms with E-state index in [9.17, 15) is 0 Å². The quantitative estimate of drug-likeness (QED) is 0.721. The second kappa shape index (κ2) is 4.25. The fourth-order valence-corrected chi connectivity index (χ4v) is 5.87. The highest BCUT2D eigenvalue weighted by molar-refractivity contribution is 5.62. The molecule has 0 spiro atoms. The molecule has 4 saturated carbocycles. The van der Waals surface area contributed by atoms with E-state index in [0.717, 1.165) is 17.8 Å². The third-order valence-electron chi connectivity index (χ3n) is 6.35. The lowest BCUT2D eigenvalue weighted by atomic mass is 9.53. The summed E-state index contributed by atoms with van der Waals surface area (Å²) in [6.07, 6.45) is 13.6. The molecule has 1 heterocycles. The Labute approximate surface area is 127 Å². The van der Waals surface area contributed by atoms with E-state index in [1.165, 1.54) is 49.7 Å². The first-order valence-electron chi connectivity index (χ1n) is 8.55. The Balaban J connectivity index is 1.52. The molecule has 2 aromatic rings. The summed E-state index contributed by atoms with van der Waals surface area (Å²) >= 11 is 0. The van der Waals surface area contributed by atoms with Crippen LogP contribution in [-0.2, 0) is 5.54 Å². The molecule has 0 saturated heterocycles. The molecule has 21 heavy (non-hydrogen) atoms. The molecule has 6 rings (SSSR count). The van der Waals surface area contributed by atoms with Gasteiger partial charge >= 0.3 is 0 Å². The summed E-state index contributed by atoms with van der Waals surface area (Å²) in [5.41, 5.74) is 3.19. The van der Waals surface area contributed by atoms with Crippen molar-refractivity contribution in [1.29, 1.82) is 0 Å². The minimum Gasteiger partial charge on any atom is -0.348 e. The van der Waals surface area contributed by atoms with Gasteiger partial charge in [0.1, 0.15) is 0 Å². The lowest BCUT2D eigenvalue weighted by Crippen LogP contribution is -2.51. The maximum Gasteiger partial charge on any atom is 0.0448 e. The average Bonchev–Trinajstić information content (AvgIpc) is 2.97. The molecule has 4 fully saturated rings. The van der Waals surface area contributed by atoms with E-state index in [-0.39, 0.29) is 0 Å². The molecule has 1 heteroatoms. The first-order chi connectivity index (χ1) is 10.3. The van der Waals surface area contributed by atoms with Crippen molar-refractivity contribution in [2.75, 3.05) is 0 Å². The third kappa shape index (κ3) is 1.83. The normalized spacial score (nSPS) is 37.0. The van der Waals surface area contributed by atoms with Gasteiger partial charge in [0.05, 0.1) is 0 Å². The summed E-state index contributed by atoms with van der Waals surface area (Å²) in [6.45, 7) is 0. The van der Waals surface area contributed by atoms with Crippen LogP contribution in [0.15, 0.2) is 48.8 Å². The van der Waals surface area contributed by atoms with Gasteiger partial charge in [-0.05, 0) is 73.5 Å². The monoisotopic (exact) mass is 277 g/mol. The van der Waals surface area contributed by atoms with Crippen LogP contribution in [0.4, 0.5) is 0 Å². The summed E-state index contributed by atoms with van der Waals surface area (Å²) in [4.78, 5) is 0. The average molecular weight is 277 g/mol. The van der Waals surface area contributed by atoms with Gasteiger partial charge in [0.15, 0.2) is 0 Å². The van der Waals surface area contributed by atoms with Crippen LogP contribution in [0.25, 0.3) is 11.1 Å². The Bertz CT molecular complexity index is 616. The fraction of sp³-hybridized carbons (Fsp3) is 0.500. The first-order valence-corrected chi connectivity index (χ1v) is 8.55. The third-order valence-corrected chi connectivity index (χ3v) is 6.35. The molecule has 4 aliphatic carbocycles. The van der Waals surface area contributed by atoms with Crippen molar-refractivity contribution < 1.29 is 0 Å². The van der Waals surface area contributed by atoms with Gasteiger partial charge in [-0.3, -0.25) is 0 Å². The van der Waals surface area contributed by atoms with Gasteiger partial charge in [-0.25, -0.2) is 0 Å². The van der Waals surface area contributed by atoms with Crippen molar-refractivity contribution in [2.45, 2.75) is 44.1 Å². The van der Waals surface area contributed by atoms with Gasteiger partial charge in [-0.2, -0.15) is 0 Å². The van der Waals surface area contributed by atoms with Gasteiger partial charge in [0, 0.05) is 17.9 Å². The summed E-state index contributed by atoms with van der Waals surface area (Å²) in [5, 5.41) is 0. The second-order valence-corrected chi connectivity index (χ2v) is 7.82. The van der Waals surface area contributed by atoms with Gasteiger partial charge in [0.2, 0.25) is 0 Å². The molecule has 0 atom stereocenters. The predicted octanol–water partition coefficient (Wildman–Crippen LogP) is 5.08.